The average molecular weight is 1400 g/mol. The topological polar surface area (TPSA) is 43.4 Å². The summed E-state index contributed by atoms with van der Waals surface area (Å²) in [5.74, 6) is 15.3. The maximum atomic E-state index is 8.23. The first-order valence-electron chi connectivity index (χ1n) is 40.6. The fraction of sp³-hybridized carbons (Fsp3) is 0.383. The van der Waals surface area contributed by atoms with Gasteiger partial charge >= 0.3 is 0 Å². The summed E-state index contributed by atoms with van der Waals surface area (Å²) in [6, 6.07) is 54.1. The second-order valence-electron chi connectivity index (χ2n) is 37.6. The van der Waals surface area contributed by atoms with E-state index in [1.807, 2.05) is 22.7 Å². The van der Waals surface area contributed by atoms with Gasteiger partial charge in [0.2, 0.25) is 0 Å². The van der Waals surface area contributed by atoms with Crippen LogP contribution in [0.5, 0.6) is 46.0 Å². The number of hydrogen-bond acceptors (Lipinski definition) is 8. The number of aryl methyl sites for hydroxylation is 6. The number of rotatable bonds is 5. The summed E-state index contributed by atoms with van der Waals surface area (Å²) in [4.78, 5) is 5.48. The Morgan fingerprint density at radius 2 is 0.648 bits per heavy atom. The van der Waals surface area contributed by atoms with E-state index >= 15 is 0 Å². The van der Waals surface area contributed by atoms with Crippen molar-refractivity contribution in [1.82, 2.24) is 0 Å². The van der Waals surface area contributed by atoms with Crippen molar-refractivity contribution < 1.29 is 18.9 Å². The molecule has 0 saturated heterocycles. The van der Waals surface area contributed by atoms with Crippen molar-refractivity contribution >= 4 is 145 Å². The lowest BCUT2D eigenvalue weighted by atomic mass is 9.30. The van der Waals surface area contributed by atoms with Crippen LogP contribution in [-0.4, -0.2) is 20.1 Å². The molecule has 6 nitrogen and oxygen atoms in total. The molecule has 0 spiro atoms. The predicted molar refractivity (Wildman–Crippen MR) is 435 cm³/mol. The van der Waals surface area contributed by atoms with Gasteiger partial charge < -0.3 is 28.7 Å². The summed E-state index contributed by atoms with van der Waals surface area (Å²) in [7, 11) is 0. The van der Waals surface area contributed by atoms with Crippen molar-refractivity contribution in [2.75, 3.05) is 9.80 Å². The Bertz CT molecular complexity index is 5710. The molecule has 6 aliphatic heterocycles. The maximum Gasteiger partial charge on any atom is 0.273 e. The largest absolute Gasteiger partial charge is 0.458 e. The first-order chi connectivity index (χ1) is 51.2. The Kier molecular flexibility index (Phi) is 11.6. The van der Waals surface area contributed by atoms with Gasteiger partial charge in [-0.2, -0.15) is 0 Å². The molecule has 18 aliphatic rings. The molecule has 516 valence electrons. The van der Waals surface area contributed by atoms with Crippen LogP contribution in [0.15, 0.2) is 133 Å². The van der Waals surface area contributed by atoms with Gasteiger partial charge in [0.05, 0.1) is 11.4 Å². The Hall–Kier alpha value is -8.11. The maximum absolute atomic E-state index is 8.23. The van der Waals surface area contributed by atoms with Gasteiger partial charge in [-0.25, -0.2) is 0 Å². The normalized spacial score (nSPS) is 29.4. The van der Waals surface area contributed by atoms with Gasteiger partial charge in [-0.3, -0.25) is 0 Å². The summed E-state index contributed by atoms with van der Waals surface area (Å²) >= 11 is 3.87. The van der Waals surface area contributed by atoms with Crippen LogP contribution >= 0.6 is 22.7 Å². The standard InChI is InChI=1S/C94H85B3N2O4S2/c1-47-15-49(3)86(50(4)16-47)98-71-36-76-70(97-85-79(101-76)32-64(94-44-59-25-60(45-94)27-61(26-59)46-94)33-80(85)103-89-66-12-8-10-14-82(66)105-91(89)97)34-67(71)95-69-35-68-72(37-75(69)100-77-30-62(28-73(98)83(77)95)92-38-53-19-54(39-92)21-55(20-53)40-92)99(87-51(5)17-48(2)18-52(87)6)74-29-63(93-41-56-22-57(42-93)24-58(23-56)43-93)31-78-84(74)96(68)90-88(102-78)65-11-7-9-13-81(65)104-90/h7-18,28-37,53-61H,19-27,38-46H2,1-6H3. The van der Waals surface area contributed by atoms with E-state index < -0.39 is 0 Å². The van der Waals surface area contributed by atoms with Crippen LogP contribution < -0.4 is 76.5 Å². The molecule has 2 aromatic heterocycles. The Labute approximate surface area is 625 Å². The molecule has 0 unspecified atom stereocenters. The third-order valence-corrected chi connectivity index (χ3v) is 33.4. The minimum atomic E-state index is -0.199. The second-order valence-corrected chi connectivity index (χ2v) is 39.8. The fourth-order valence-electron chi connectivity index (χ4n) is 28.6. The molecule has 0 radical (unpaired) electrons. The zero-order valence-electron chi connectivity index (χ0n) is 61.2. The summed E-state index contributed by atoms with van der Waals surface area (Å²) < 4.78 is 36.6. The van der Waals surface area contributed by atoms with Crippen LogP contribution in [0, 0.1) is 94.8 Å². The van der Waals surface area contributed by atoms with Crippen molar-refractivity contribution in [2.24, 2.45) is 53.3 Å². The number of thiophene rings is 2. The lowest BCUT2D eigenvalue weighted by molar-refractivity contribution is -0.00540. The molecule has 105 heavy (non-hydrogen) atoms. The molecule has 11 aromatic rings. The molecule has 8 heterocycles. The molecule has 12 saturated carbocycles. The second kappa shape index (κ2) is 20.4. The predicted octanol–water partition coefficient (Wildman–Crippen LogP) is 18.9. The quantitative estimate of drug-likeness (QED) is 0.160. The SMILES string of the molecule is Cc1cc(C)c(N2c3cc4c(cc3B3c5cc6c(cc5Oc5cc(C78CC9CC(CC(C9)C7)C8)cc2c53)N(c2c(C)cc(C)cc2C)c2cc(C35CC7CC(CC(C7)C3)C5)cc3c2B6c2sc5ccccc5c2O3)B2c3sc5ccccc5c3Oc3cc(C56CC7CC(CC(C7)C5)C6)cc(c32)O4)c(C)c1. The van der Waals surface area contributed by atoms with Crippen LogP contribution in [0.25, 0.3) is 20.2 Å². The number of anilines is 6. The summed E-state index contributed by atoms with van der Waals surface area (Å²) in [6.45, 7) is 13.6. The molecular formula is C94H85B3N2O4S2. The number of nitrogens with zero attached hydrogens (tertiary/aromatic N) is 2. The summed E-state index contributed by atoms with van der Waals surface area (Å²) in [5.41, 5.74) is 28.9. The van der Waals surface area contributed by atoms with Crippen molar-refractivity contribution in [3.63, 3.8) is 0 Å². The third kappa shape index (κ3) is 8.01. The highest BCUT2D eigenvalue weighted by atomic mass is 32.1. The molecule has 11 heteroatoms. The molecular weight excluding hydrogens is 1320 g/mol. The van der Waals surface area contributed by atoms with Gasteiger partial charge in [-0.05, 0) is 359 Å². The van der Waals surface area contributed by atoms with Crippen LogP contribution in [0.3, 0.4) is 0 Å². The first-order valence-corrected chi connectivity index (χ1v) is 42.2. The summed E-state index contributed by atoms with van der Waals surface area (Å²) in [6.07, 6.45) is 24.1. The van der Waals surface area contributed by atoms with E-state index in [1.54, 1.807) is 0 Å². The van der Waals surface area contributed by atoms with Crippen molar-refractivity contribution in [3.8, 4) is 46.0 Å². The van der Waals surface area contributed by atoms with Gasteiger partial charge in [0.15, 0.2) is 0 Å². The number of fused-ring (bicyclic) bond motifs is 16. The van der Waals surface area contributed by atoms with Gasteiger partial charge in [0.25, 0.3) is 20.1 Å². The monoisotopic (exact) mass is 1400 g/mol. The Balaban J connectivity index is 0.751. The lowest BCUT2D eigenvalue weighted by Crippen LogP contribution is -2.64. The van der Waals surface area contributed by atoms with E-state index in [0.29, 0.717) is 0 Å². The summed E-state index contributed by atoms with van der Waals surface area (Å²) in [5, 5.41) is 2.42. The zero-order valence-corrected chi connectivity index (χ0v) is 62.8. The third-order valence-electron chi connectivity index (χ3n) is 30.9. The number of benzene rings is 9. The zero-order chi connectivity index (χ0) is 68.9. The van der Waals surface area contributed by atoms with Gasteiger partial charge in [-0.15, -0.1) is 22.7 Å². The molecule has 29 rings (SSSR count). The molecule has 0 N–H and O–H groups in total. The molecule has 0 atom stereocenters. The van der Waals surface area contributed by atoms with Crippen molar-refractivity contribution in [2.45, 2.75) is 173 Å². The van der Waals surface area contributed by atoms with Crippen LogP contribution in [-0.2, 0) is 16.2 Å². The minimum Gasteiger partial charge on any atom is -0.458 e. The van der Waals surface area contributed by atoms with Crippen LogP contribution in [0.4, 0.5) is 34.1 Å². The van der Waals surface area contributed by atoms with Gasteiger partial charge in [-0.1, -0.05) is 71.8 Å². The highest BCUT2D eigenvalue weighted by Crippen LogP contribution is 2.66. The van der Waals surface area contributed by atoms with Crippen molar-refractivity contribution in [3.05, 3.63) is 184 Å². The van der Waals surface area contributed by atoms with Gasteiger partial charge in [0.1, 0.15) is 46.0 Å². The highest BCUT2D eigenvalue weighted by molar-refractivity contribution is 7.34. The van der Waals surface area contributed by atoms with E-state index in [4.69, 9.17) is 18.9 Å². The lowest BCUT2D eigenvalue weighted by Gasteiger charge is -2.57. The van der Waals surface area contributed by atoms with E-state index in [0.717, 1.165) is 99.3 Å². The smallest absolute Gasteiger partial charge is 0.273 e. The highest BCUT2D eigenvalue weighted by Gasteiger charge is 2.58. The van der Waals surface area contributed by atoms with Crippen LogP contribution in [0.2, 0.25) is 0 Å². The molecule has 9 aromatic carbocycles. The molecule has 12 aliphatic carbocycles. The van der Waals surface area contributed by atoms with Crippen LogP contribution in [0.1, 0.15) is 166 Å². The first kappa shape index (κ1) is 60.0. The average Bonchev–Trinajstić information content (AvgIpc) is 1.68. The molecule has 12 bridgehead atoms. The van der Waals surface area contributed by atoms with E-state index in [1.165, 1.54) is 268 Å². The van der Waals surface area contributed by atoms with Crippen molar-refractivity contribution in [1.29, 1.82) is 0 Å². The molecule has 12 fully saturated rings. The van der Waals surface area contributed by atoms with E-state index in [2.05, 4.69) is 185 Å². The van der Waals surface area contributed by atoms with Gasteiger partial charge in [0, 0.05) is 70.1 Å². The minimum absolute atomic E-state index is 0.0929. The van der Waals surface area contributed by atoms with E-state index in [9.17, 15) is 0 Å². The molecule has 0 amide bonds. The number of ether oxygens (including phenoxy) is 4. The Morgan fingerprint density at radius 3 is 1.06 bits per heavy atom. The number of hydrogen-bond donors (Lipinski definition) is 0. The Morgan fingerprint density at radius 1 is 0.324 bits per heavy atom. The van der Waals surface area contributed by atoms with E-state index in [-0.39, 0.29) is 36.4 Å². The fourth-order valence-corrected chi connectivity index (χ4v) is 31.2.